The lowest BCUT2D eigenvalue weighted by molar-refractivity contribution is -0.212. The Hall–Kier alpha value is -0.410. The molecule has 3 nitrogen and oxygen atoms in total. The lowest BCUT2D eigenvalue weighted by Gasteiger charge is -2.46. The van der Waals surface area contributed by atoms with Crippen molar-refractivity contribution in [2.24, 2.45) is 0 Å². The SMILES string of the molecule is O=CC1CCCC2(CCC3CCC2O3)O1. The Morgan fingerprint density at radius 2 is 2.07 bits per heavy atom. The molecule has 4 unspecified atom stereocenters. The van der Waals surface area contributed by atoms with E-state index < -0.39 is 0 Å². The molecule has 0 aliphatic carbocycles. The van der Waals surface area contributed by atoms with E-state index in [4.69, 9.17) is 9.47 Å². The van der Waals surface area contributed by atoms with Crippen LogP contribution >= 0.6 is 0 Å². The summed E-state index contributed by atoms with van der Waals surface area (Å²) in [4.78, 5) is 10.8. The highest BCUT2D eigenvalue weighted by atomic mass is 16.6. The zero-order chi connectivity index (χ0) is 10.3. The molecule has 0 radical (unpaired) electrons. The van der Waals surface area contributed by atoms with Crippen LogP contribution in [0.5, 0.6) is 0 Å². The molecule has 84 valence electrons. The predicted molar refractivity (Wildman–Crippen MR) is 54.6 cm³/mol. The van der Waals surface area contributed by atoms with Gasteiger partial charge in [-0.3, -0.25) is 0 Å². The van der Waals surface area contributed by atoms with Gasteiger partial charge in [0.05, 0.1) is 17.8 Å². The van der Waals surface area contributed by atoms with Crippen molar-refractivity contribution in [3.8, 4) is 0 Å². The normalized spacial score (nSPS) is 49.5. The van der Waals surface area contributed by atoms with E-state index in [0.29, 0.717) is 6.10 Å². The van der Waals surface area contributed by atoms with Crippen molar-refractivity contribution in [1.82, 2.24) is 0 Å². The number of hydrogen-bond donors (Lipinski definition) is 0. The first-order chi connectivity index (χ1) is 7.32. The lowest BCUT2D eigenvalue weighted by Crippen LogP contribution is -2.52. The fourth-order valence-corrected chi connectivity index (χ4v) is 3.41. The van der Waals surface area contributed by atoms with E-state index >= 15 is 0 Å². The van der Waals surface area contributed by atoms with E-state index in [-0.39, 0.29) is 17.8 Å². The van der Waals surface area contributed by atoms with Gasteiger partial charge in [-0.15, -0.1) is 0 Å². The van der Waals surface area contributed by atoms with Gasteiger partial charge < -0.3 is 14.3 Å². The maximum Gasteiger partial charge on any atom is 0.148 e. The third kappa shape index (κ3) is 1.53. The summed E-state index contributed by atoms with van der Waals surface area (Å²) in [6, 6.07) is 0. The molecule has 3 fully saturated rings. The molecule has 3 aliphatic rings. The largest absolute Gasteiger partial charge is 0.372 e. The van der Waals surface area contributed by atoms with Crippen LogP contribution in [-0.2, 0) is 14.3 Å². The van der Waals surface area contributed by atoms with E-state index in [0.717, 1.165) is 44.8 Å². The minimum atomic E-state index is -0.181. The maximum absolute atomic E-state index is 10.8. The molecule has 0 aromatic rings. The van der Waals surface area contributed by atoms with Gasteiger partial charge in [-0.25, -0.2) is 0 Å². The molecular weight excluding hydrogens is 192 g/mol. The highest BCUT2D eigenvalue weighted by Gasteiger charge is 2.51. The average Bonchev–Trinajstić information content (AvgIpc) is 2.70. The van der Waals surface area contributed by atoms with Crippen molar-refractivity contribution in [3.05, 3.63) is 0 Å². The second-order valence-electron chi connectivity index (χ2n) is 5.11. The molecule has 0 amide bonds. The second kappa shape index (κ2) is 3.56. The van der Waals surface area contributed by atoms with E-state index in [1.807, 2.05) is 0 Å². The van der Waals surface area contributed by atoms with Crippen LogP contribution in [0.1, 0.15) is 44.9 Å². The fraction of sp³-hybridized carbons (Fsp3) is 0.917. The number of fused-ring (bicyclic) bond motifs is 3. The van der Waals surface area contributed by atoms with E-state index in [2.05, 4.69) is 0 Å². The van der Waals surface area contributed by atoms with Crippen molar-refractivity contribution in [2.45, 2.75) is 68.9 Å². The molecule has 3 saturated heterocycles. The summed E-state index contributed by atoms with van der Waals surface area (Å²) in [5, 5.41) is 0. The summed E-state index contributed by atoms with van der Waals surface area (Å²) in [6.07, 6.45) is 9.10. The van der Waals surface area contributed by atoms with Gasteiger partial charge in [-0.2, -0.15) is 0 Å². The molecule has 0 saturated carbocycles. The topological polar surface area (TPSA) is 35.5 Å². The fourth-order valence-electron chi connectivity index (χ4n) is 3.41. The lowest BCUT2D eigenvalue weighted by atomic mass is 9.82. The Morgan fingerprint density at radius 1 is 1.13 bits per heavy atom. The average molecular weight is 210 g/mol. The van der Waals surface area contributed by atoms with Crippen LogP contribution in [0, 0.1) is 0 Å². The molecule has 0 aromatic heterocycles. The zero-order valence-corrected chi connectivity index (χ0v) is 8.98. The molecule has 0 aromatic carbocycles. The van der Waals surface area contributed by atoms with Gasteiger partial charge in [0.2, 0.25) is 0 Å². The quantitative estimate of drug-likeness (QED) is 0.619. The van der Waals surface area contributed by atoms with E-state index in [1.54, 1.807) is 0 Å². The van der Waals surface area contributed by atoms with Crippen LogP contribution in [-0.4, -0.2) is 30.2 Å². The Morgan fingerprint density at radius 3 is 2.93 bits per heavy atom. The standard InChI is InChI=1S/C12H18O3/c13-8-10-2-1-6-12(15-10)7-5-9-3-4-11(12)14-9/h8-11H,1-7H2. The first kappa shape index (κ1) is 9.79. The molecule has 0 N–H and O–H groups in total. The van der Waals surface area contributed by atoms with Gasteiger partial charge in [-0.05, 0) is 44.9 Å². The smallest absolute Gasteiger partial charge is 0.148 e. The summed E-state index contributed by atoms with van der Waals surface area (Å²) >= 11 is 0. The van der Waals surface area contributed by atoms with Crippen LogP contribution in [0.2, 0.25) is 0 Å². The number of carbonyl (C=O) groups is 1. The molecular formula is C12H18O3. The van der Waals surface area contributed by atoms with Crippen molar-refractivity contribution in [3.63, 3.8) is 0 Å². The van der Waals surface area contributed by atoms with Gasteiger partial charge in [0, 0.05) is 0 Å². The number of ether oxygens (including phenoxy) is 2. The van der Waals surface area contributed by atoms with Crippen LogP contribution in [0.25, 0.3) is 0 Å². The second-order valence-corrected chi connectivity index (χ2v) is 5.11. The van der Waals surface area contributed by atoms with E-state index in [1.165, 1.54) is 6.42 Å². The van der Waals surface area contributed by atoms with Crippen molar-refractivity contribution < 1.29 is 14.3 Å². The van der Waals surface area contributed by atoms with Crippen LogP contribution in [0.4, 0.5) is 0 Å². The van der Waals surface area contributed by atoms with Crippen molar-refractivity contribution in [2.75, 3.05) is 0 Å². The van der Waals surface area contributed by atoms with Gasteiger partial charge in [0.15, 0.2) is 0 Å². The molecule has 15 heavy (non-hydrogen) atoms. The van der Waals surface area contributed by atoms with Crippen molar-refractivity contribution in [1.29, 1.82) is 0 Å². The minimum Gasteiger partial charge on any atom is -0.372 e. The Bertz CT molecular complexity index is 266. The number of aldehydes is 1. The minimum absolute atomic E-state index is 0.114. The highest BCUT2D eigenvalue weighted by Crippen LogP contribution is 2.46. The predicted octanol–water partition coefficient (Wildman–Crippen LogP) is 1.83. The Balaban J connectivity index is 1.79. The molecule has 3 heterocycles. The molecule has 1 spiro atoms. The Labute approximate surface area is 90.1 Å². The molecule has 3 aliphatic heterocycles. The number of carbonyl (C=O) groups excluding carboxylic acids is 1. The molecule has 4 atom stereocenters. The van der Waals surface area contributed by atoms with Gasteiger partial charge >= 0.3 is 0 Å². The first-order valence-corrected chi connectivity index (χ1v) is 6.11. The third-order valence-electron chi connectivity index (χ3n) is 4.21. The summed E-state index contributed by atoms with van der Waals surface area (Å²) in [5.41, 5.74) is -0.114. The van der Waals surface area contributed by atoms with E-state index in [9.17, 15) is 4.79 Å². The zero-order valence-electron chi connectivity index (χ0n) is 8.98. The van der Waals surface area contributed by atoms with Crippen molar-refractivity contribution >= 4 is 6.29 Å². The maximum atomic E-state index is 10.8. The van der Waals surface area contributed by atoms with Gasteiger partial charge in [0.1, 0.15) is 12.4 Å². The summed E-state index contributed by atoms with van der Waals surface area (Å²) < 4.78 is 11.9. The first-order valence-electron chi connectivity index (χ1n) is 6.11. The van der Waals surface area contributed by atoms with Gasteiger partial charge in [0.25, 0.3) is 0 Å². The number of hydrogen-bond acceptors (Lipinski definition) is 3. The van der Waals surface area contributed by atoms with Crippen LogP contribution in [0.15, 0.2) is 0 Å². The summed E-state index contributed by atoms with van der Waals surface area (Å²) in [7, 11) is 0. The van der Waals surface area contributed by atoms with Crippen LogP contribution in [0.3, 0.4) is 0 Å². The Kier molecular flexibility index (Phi) is 2.33. The molecule has 3 heteroatoms. The summed E-state index contributed by atoms with van der Waals surface area (Å²) in [5.74, 6) is 0. The number of rotatable bonds is 1. The molecule has 2 bridgehead atoms. The van der Waals surface area contributed by atoms with Gasteiger partial charge in [-0.1, -0.05) is 0 Å². The monoisotopic (exact) mass is 210 g/mol. The van der Waals surface area contributed by atoms with Crippen LogP contribution < -0.4 is 0 Å². The summed E-state index contributed by atoms with van der Waals surface area (Å²) in [6.45, 7) is 0. The highest BCUT2D eigenvalue weighted by molar-refractivity contribution is 5.56. The molecule has 3 rings (SSSR count). The third-order valence-corrected chi connectivity index (χ3v) is 4.21.